The molecule has 0 bridgehead atoms. The maximum Gasteiger partial charge on any atom is 0.162 e. The Kier molecular flexibility index (Phi) is 4.26. The number of nitriles is 1. The van der Waals surface area contributed by atoms with Crippen molar-refractivity contribution < 1.29 is 9.47 Å². The fraction of sp³-hybridized carbons (Fsp3) is 0.333. The van der Waals surface area contributed by atoms with E-state index < -0.39 is 0 Å². The smallest absolute Gasteiger partial charge is 0.162 e. The van der Waals surface area contributed by atoms with Crippen molar-refractivity contribution in [3.63, 3.8) is 0 Å². The molecule has 20 heavy (non-hydrogen) atoms. The second-order valence-electron chi connectivity index (χ2n) is 4.37. The van der Waals surface area contributed by atoms with Crippen LogP contribution in [0.2, 0.25) is 0 Å². The maximum absolute atomic E-state index is 8.86. The molecule has 0 N–H and O–H groups in total. The Morgan fingerprint density at radius 1 is 1.30 bits per heavy atom. The van der Waals surface area contributed by atoms with Gasteiger partial charge in [0.1, 0.15) is 6.61 Å². The second-order valence-corrected chi connectivity index (χ2v) is 4.37. The molecule has 2 aromatic rings. The molecule has 104 valence electrons. The molecule has 1 heterocycles. The van der Waals surface area contributed by atoms with Crippen LogP contribution in [0.5, 0.6) is 11.5 Å². The summed E-state index contributed by atoms with van der Waals surface area (Å²) in [5.74, 6) is 1.17. The monoisotopic (exact) mass is 271 g/mol. The molecule has 1 aromatic carbocycles. The molecule has 0 fully saturated rings. The lowest BCUT2D eigenvalue weighted by molar-refractivity contribution is 0.275. The van der Waals surface area contributed by atoms with Crippen LogP contribution in [0.4, 0.5) is 0 Å². The van der Waals surface area contributed by atoms with E-state index in [-0.39, 0.29) is 0 Å². The molecule has 5 heteroatoms. The lowest BCUT2D eigenvalue weighted by Gasteiger charge is -2.10. The first-order valence-electron chi connectivity index (χ1n) is 6.40. The van der Waals surface area contributed by atoms with Gasteiger partial charge in [0, 0.05) is 13.1 Å². The van der Waals surface area contributed by atoms with Gasteiger partial charge in [0.25, 0.3) is 0 Å². The van der Waals surface area contributed by atoms with Crippen LogP contribution in [0.1, 0.15) is 23.9 Å². The van der Waals surface area contributed by atoms with Crippen LogP contribution in [0.15, 0.2) is 24.3 Å². The van der Waals surface area contributed by atoms with Crippen molar-refractivity contribution in [2.24, 2.45) is 7.05 Å². The largest absolute Gasteiger partial charge is 0.493 e. The standard InChI is InChI=1S/C15H17N3O2/c1-4-12-8-13(18(2)17-12)10-20-14-6-5-11(9-16)7-15(14)19-3/h5-8H,4,10H2,1-3H3. The Balaban J connectivity index is 2.14. The number of hydrogen-bond acceptors (Lipinski definition) is 4. The summed E-state index contributed by atoms with van der Waals surface area (Å²) in [6.07, 6.45) is 0.897. The Morgan fingerprint density at radius 2 is 2.10 bits per heavy atom. The van der Waals surface area contributed by atoms with Crippen molar-refractivity contribution in [1.82, 2.24) is 9.78 Å². The molecule has 0 atom stereocenters. The molecule has 0 saturated carbocycles. The molecule has 0 amide bonds. The fourth-order valence-corrected chi connectivity index (χ4v) is 1.89. The van der Waals surface area contributed by atoms with Crippen LogP contribution >= 0.6 is 0 Å². The zero-order valence-electron chi connectivity index (χ0n) is 11.9. The summed E-state index contributed by atoms with van der Waals surface area (Å²) in [7, 11) is 3.45. The molecule has 0 spiro atoms. The number of aryl methyl sites for hydroxylation is 2. The number of aromatic nitrogens is 2. The van der Waals surface area contributed by atoms with E-state index in [4.69, 9.17) is 14.7 Å². The van der Waals surface area contributed by atoms with Gasteiger partial charge < -0.3 is 9.47 Å². The quantitative estimate of drug-likeness (QED) is 0.838. The number of methoxy groups -OCH3 is 1. The molecule has 0 aliphatic carbocycles. The van der Waals surface area contributed by atoms with Crippen LogP contribution < -0.4 is 9.47 Å². The molecular weight excluding hydrogens is 254 g/mol. The van der Waals surface area contributed by atoms with Gasteiger partial charge in [-0.05, 0) is 24.6 Å². The topological polar surface area (TPSA) is 60.1 Å². The SMILES string of the molecule is CCc1cc(COc2ccc(C#N)cc2OC)n(C)n1. The molecular formula is C15H17N3O2. The molecule has 0 saturated heterocycles. The van der Waals surface area contributed by atoms with E-state index in [2.05, 4.69) is 18.1 Å². The van der Waals surface area contributed by atoms with E-state index in [1.165, 1.54) is 0 Å². The van der Waals surface area contributed by atoms with Crippen LogP contribution in [-0.2, 0) is 20.1 Å². The Bertz CT molecular complexity index is 641. The number of hydrogen-bond donors (Lipinski definition) is 0. The third-order valence-electron chi connectivity index (χ3n) is 3.06. The third-order valence-corrected chi connectivity index (χ3v) is 3.06. The minimum Gasteiger partial charge on any atom is -0.493 e. The second kappa shape index (κ2) is 6.11. The highest BCUT2D eigenvalue weighted by atomic mass is 16.5. The summed E-state index contributed by atoms with van der Waals surface area (Å²) < 4.78 is 12.8. The predicted molar refractivity (Wildman–Crippen MR) is 74.6 cm³/mol. The fourth-order valence-electron chi connectivity index (χ4n) is 1.89. The van der Waals surface area contributed by atoms with Gasteiger partial charge >= 0.3 is 0 Å². The van der Waals surface area contributed by atoms with Gasteiger partial charge in [-0.2, -0.15) is 10.4 Å². The van der Waals surface area contributed by atoms with E-state index in [1.54, 1.807) is 25.3 Å². The summed E-state index contributed by atoms with van der Waals surface area (Å²) in [5, 5.41) is 13.2. The van der Waals surface area contributed by atoms with E-state index in [1.807, 2.05) is 17.8 Å². The molecule has 0 aliphatic heterocycles. The van der Waals surface area contributed by atoms with Crippen molar-refractivity contribution >= 4 is 0 Å². The summed E-state index contributed by atoms with van der Waals surface area (Å²) in [6, 6.07) is 9.21. The number of rotatable bonds is 5. The van der Waals surface area contributed by atoms with Crippen molar-refractivity contribution in [2.75, 3.05) is 7.11 Å². The Hall–Kier alpha value is -2.48. The Labute approximate surface area is 118 Å². The summed E-state index contributed by atoms with van der Waals surface area (Å²) in [5.41, 5.74) is 2.58. The molecule has 2 rings (SSSR count). The van der Waals surface area contributed by atoms with E-state index >= 15 is 0 Å². The van der Waals surface area contributed by atoms with Gasteiger partial charge in [0.05, 0.1) is 30.1 Å². The van der Waals surface area contributed by atoms with Crippen LogP contribution in [0.25, 0.3) is 0 Å². The van der Waals surface area contributed by atoms with Gasteiger partial charge in [-0.3, -0.25) is 4.68 Å². The van der Waals surface area contributed by atoms with Gasteiger partial charge in [-0.25, -0.2) is 0 Å². The van der Waals surface area contributed by atoms with E-state index in [9.17, 15) is 0 Å². The first-order valence-corrected chi connectivity index (χ1v) is 6.40. The lowest BCUT2D eigenvalue weighted by atomic mass is 10.2. The Morgan fingerprint density at radius 3 is 2.70 bits per heavy atom. The summed E-state index contributed by atoms with van der Waals surface area (Å²) >= 11 is 0. The number of nitrogens with zero attached hydrogens (tertiary/aromatic N) is 3. The summed E-state index contributed by atoms with van der Waals surface area (Å²) in [6.45, 7) is 2.47. The van der Waals surface area contributed by atoms with Crippen molar-refractivity contribution in [2.45, 2.75) is 20.0 Å². The highest BCUT2D eigenvalue weighted by Crippen LogP contribution is 2.28. The van der Waals surface area contributed by atoms with Crippen molar-refractivity contribution in [1.29, 1.82) is 5.26 Å². The van der Waals surface area contributed by atoms with Crippen molar-refractivity contribution in [3.05, 3.63) is 41.2 Å². The minimum absolute atomic E-state index is 0.408. The first kappa shape index (κ1) is 13.9. The molecule has 0 radical (unpaired) electrons. The first-order chi connectivity index (χ1) is 9.67. The molecule has 5 nitrogen and oxygen atoms in total. The number of ether oxygens (including phenoxy) is 2. The highest BCUT2D eigenvalue weighted by molar-refractivity contribution is 5.46. The van der Waals surface area contributed by atoms with Gasteiger partial charge in [-0.1, -0.05) is 6.92 Å². The maximum atomic E-state index is 8.86. The molecule has 1 aromatic heterocycles. The van der Waals surface area contributed by atoms with Crippen LogP contribution in [0.3, 0.4) is 0 Å². The van der Waals surface area contributed by atoms with Gasteiger partial charge in [-0.15, -0.1) is 0 Å². The average Bonchev–Trinajstić information content (AvgIpc) is 2.85. The zero-order chi connectivity index (χ0) is 14.5. The number of benzene rings is 1. The molecule has 0 unspecified atom stereocenters. The van der Waals surface area contributed by atoms with Crippen LogP contribution in [-0.4, -0.2) is 16.9 Å². The summed E-state index contributed by atoms with van der Waals surface area (Å²) in [4.78, 5) is 0. The normalized spacial score (nSPS) is 10.1. The third kappa shape index (κ3) is 2.91. The minimum atomic E-state index is 0.408. The predicted octanol–water partition coefficient (Wildman–Crippen LogP) is 2.44. The van der Waals surface area contributed by atoms with Gasteiger partial charge in [0.2, 0.25) is 0 Å². The van der Waals surface area contributed by atoms with Crippen molar-refractivity contribution in [3.8, 4) is 17.6 Å². The molecule has 0 aliphatic rings. The van der Waals surface area contributed by atoms with Gasteiger partial charge in [0.15, 0.2) is 11.5 Å². The highest BCUT2D eigenvalue weighted by Gasteiger charge is 2.08. The van der Waals surface area contributed by atoms with E-state index in [0.717, 1.165) is 17.8 Å². The lowest BCUT2D eigenvalue weighted by Crippen LogP contribution is -2.04. The average molecular weight is 271 g/mol. The van der Waals surface area contributed by atoms with E-state index in [0.29, 0.717) is 23.7 Å². The van der Waals surface area contributed by atoms with Crippen LogP contribution in [0, 0.1) is 11.3 Å². The zero-order valence-corrected chi connectivity index (χ0v) is 11.9.